The zero-order valence-electron chi connectivity index (χ0n) is 9.71. The van der Waals surface area contributed by atoms with Gasteiger partial charge in [-0.2, -0.15) is 0 Å². The largest absolute Gasteiger partial charge is 0.468 e. The molecule has 4 heteroatoms. The second kappa shape index (κ2) is 4.64. The Hall–Kier alpha value is -1.06. The molecule has 0 aliphatic heterocycles. The van der Waals surface area contributed by atoms with E-state index in [9.17, 15) is 9.59 Å². The molecule has 1 saturated carbocycles. The summed E-state index contributed by atoms with van der Waals surface area (Å²) in [7, 11) is 3.09. The molecule has 1 aliphatic rings. The van der Waals surface area contributed by atoms with Gasteiger partial charge in [-0.25, -0.2) is 0 Å². The van der Waals surface area contributed by atoms with E-state index in [4.69, 9.17) is 0 Å². The molecule has 1 aliphatic carbocycles. The third-order valence-corrected chi connectivity index (χ3v) is 2.93. The van der Waals surface area contributed by atoms with Crippen LogP contribution >= 0.6 is 0 Å². The van der Waals surface area contributed by atoms with E-state index in [1.165, 1.54) is 7.11 Å². The van der Waals surface area contributed by atoms with Crippen molar-refractivity contribution in [2.75, 3.05) is 20.7 Å². The number of methoxy groups -OCH3 is 1. The Balaban J connectivity index is 2.56. The highest BCUT2D eigenvalue weighted by atomic mass is 16.5. The summed E-state index contributed by atoms with van der Waals surface area (Å²) in [6.45, 7) is 2.79. The van der Waals surface area contributed by atoms with Crippen molar-refractivity contribution in [3.05, 3.63) is 0 Å². The Bertz CT molecular complexity index is 259. The highest BCUT2D eigenvalue weighted by molar-refractivity contribution is 6.05. The Labute approximate surface area is 90.6 Å². The van der Waals surface area contributed by atoms with Gasteiger partial charge in [-0.3, -0.25) is 9.59 Å². The molecule has 1 fully saturated rings. The maximum absolute atomic E-state index is 12.0. The molecular formula is C11H19NO3. The Morgan fingerprint density at radius 1 is 1.40 bits per heavy atom. The molecule has 1 rings (SSSR count). The number of amides is 1. The summed E-state index contributed by atoms with van der Waals surface area (Å²) >= 11 is 0. The lowest BCUT2D eigenvalue weighted by Crippen LogP contribution is -2.39. The third kappa shape index (κ3) is 2.30. The second-order valence-electron chi connectivity index (χ2n) is 4.15. The van der Waals surface area contributed by atoms with Gasteiger partial charge in [0.2, 0.25) is 5.91 Å². The lowest BCUT2D eigenvalue weighted by molar-refractivity contribution is -0.155. The number of rotatable bonds is 5. The van der Waals surface area contributed by atoms with Gasteiger partial charge in [0.15, 0.2) is 0 Å². The topological polar surface area (TPSA) is 46.6 Å². The molecular weight excluding hydrogens is 194 g/mol. The fraction of sp³-hybridized carbons (Fsp3) is 0.818. The zero-order chi connectivity index (χ0) is 11.5. The van der Waals surface area contributed by atoms with Gasteiger partial charge in [0, 0.05) is 13.6 Å². The summed E-state index contributed by atoms with van der Waals surface area (Å²) in [5.41, 5.74) is -0.836. The Kier molecular flexibility index (Phi) is 3.72. The van der Waals surface area contributed by atoms with Crippen molar-refractivity contribution in [3.8, 4) is 0 Å². The van der Waals surface area contributed by atoms with Crippen LogP contribution in [0, 0.1) is 5.41 Å². The number of hydrogen-bond donors (Lipinski definition) is 0. The molecule has 0 radical (unpaired) electrons. The zero-order valence-corrected chi connectivity index (χ0v) is 9.71. The summed E-state index contributed by atoms with van der Waals surface area (Å²) in [4.78, 5) is 25.1. The van der Waals surface area contributed by atoms with E-state index in [1.54, 1.807) is 11.9 Å². The van der Waals surface area contributed by atoms with Crippen LogP contribution in [0.5, 0.6) is 0 Å². The number of esters is 1. The van der Waals surface area contributed by atoms with Crippen molar-refractivity contribution in [1.82, 2.24) is 4.90 Å². The fourth-order valence-electron chi connectivity index (χ4n) is 1.69. The lowest BCUT2D eigenvalue weighted by atomic mass is 10.1. The number of carbonyl (C=O) groups excluding carboxylic acids is 2. The molecule has 0 aromatic heterocycles. The minimum Gasteiger partial charge on any atom is -0.468 e. The van der Waals surface area contributed by atoms with E-state index in [0.29, 0.717) is 19.4 Å². The van der Waals surface area contributed by atoms with Gasteiger partial charge >= 0.3 is 5.97 Å². The van der Waals surface area contributed by atoms with Gasteiger partial charge in [0.05, 0.1) is 7.11 Å². The number of nitrogens with zero attached hydrogens (tertiary/aromatic N) is 1. The van der Waals surface area contributed by atoms with Gasteiger partial charge in [0.1, 0.15) is 5.41 Å². The van der Waals surface area contributed by atoms with E-state index in [0.717, 1.165) is 12.8 Å². The van der Waals surface area contributed by atoms with Crippen LogP contribution in [-0.2, 0) is 14.3 Å². The van der Waals surface area contributed by atoms with Crippen LogP contribution in [-0.4, -0.2) is 37.5 Å². The molecule has 4 nitrogen and oxygen atoms in total. The SMILES string of the molecule is CCCCN(C)C(=O)C1(C(=O)OC)CC1. The smallest absolute Gasteiger partial charge is 0.321 e. The number of carbonyl (C=O) groups is 2. The Morgan fingerprint density at radius 3 is 2.40 bits per heavy atom. The maximum Gasteiger partial charge on any atom is 0.321 e. The number of ether oxygens (including phenoxy) is 1. The molecule has 0 aromatic carbocycles. The van der Waals surface area contributed by atoms with Crippen LogP contribution in [0.15, 0.2) is 0 Å². The average molecular weight is 213 g/mol. The van der Waals surface area contributed by atoms with Gasteiger partial charge in [0.25, 0.3) is 0 Å². The van der Waals surface area contributed by atoms with Gasteiger partial charge in [-0.15, -0.1) is 0 Å². The van der Waals surface area contributed by atoms with E-state index in [1.807, 2.05) is 0 Å². The molecule has 1 amide bonds. The van der Waals surface area contributed by atoms with Crippen molar-refractivity contribution in [3.63, 3.8) is 0 Å². The van der Waals surface area contributed by atoms with E-state index < -0.39 is 5.41 Å². The highest BCUT2D eigenvalue weighted by Gasteiger charge is 2.58. The van der Waals surface area contributed by atoms with Gasteiger partial charge in [-0.1, -0.05) is 13.3 Å². The molecule has 86 valence electrons. The first kappa shape index (κ1) is 12.0. The van der Waals surface area contributed by atoms with Crippen LogP contribution < -0.4 is 0 Å². The molecule has 0 unspecified atom stereocenters. The van der Waals surface area contributed by atoms with Crippen molar-refractivity contribution in [2.45, 2.75) is 32.6 Å². The standard InChI is InChI=1S/C11H19NO3/c1-4-5-8-12(2)9(13)11(6-7-11)10(14)15-3/h4-8H2,1-3H3. The monoisotopic (exact) mass is 213 g/mol. The summed E-state index contributed by atoms with van der Waals surface area (Å²) in [5.74, 6) is -0.460. The van der Waals surface area contributed by atoms with Crippen molar-refractivity contribution < 1.29 is 14.3 Å². The van der Waals surface area contributed by atoms with Crippen LogP contribution in [0.1, 0.15) is 32.6 Å². The van der Waals surface area contributed by atoms with Crippen LogP contribution in [0.2, 0.25) is 0 Å². The number of hydrogen-bond acceptors (Lipinski definition) is 3. The number of unbranched alkanes of at least 4 members (excludes halogenated alkanes) is 1. The molecule has 0 saturated heterocycles. The summed E-state index contributed by atoms with van der Waals surface area (Å²) in [6, 6.07) is 0. The minimum absolute atomic E-state index is 0.0807. The molecule has 15 heavy (non-hydrogen) atoms. The van der Waals surface area contributed by atoms with E-state index in [-0.39, 0.29) is 11.9 Å². The predicted octanol–water partition coefficient (Wildman–Crippen LogP) is 1.20. The van der Waals surface area contributed by atoms with Crippen molar-refractivity contribution in [2.24, 2.45) is 5.41 Å². The quantitative estimate of drug-likeness (QED) is 0.509. The minimum atomic E-state index is -0.836. The third-order valence-electron chi connectivity index (χ3n) is 2.93. The van der Waals surface area contributed by atoms with Crippen molar-refractivity contribution in [1.29, 1.82) is 0 Å². The summed E-state index contributed by atoms with van der Waals surface area (Å²) < 4.78 is 4.67. The first-order valence-corrected chi connectivity index (χ1v) is 5.42. The van der Waals surface area contributed by atoms with E-state index in [2.05, 4.69) is 11.7 Å². The fourth-order valence-corrected chi connectivity index (χ4v) is 1.69. The molecule has 0 heterocycles. The maximum atomic E-state index is 12.0. The van der Waals surface area contributed by atoms with E-state index >= 15 is 0 Å². The van der Waals surface area contributed by atoms with Crippen LogP contribution in [0.25, 0.3) is 0 Å². The van der Waals surface area contributed by atoms with Crippen LogP contribution in [0.3, 0.4) is 0 Å². The first-order chi connectivity index (χ1) is 7.08. The molecule has 0 atom stereocenters. The first-order valence-electron chi connectivity index (χ1n) is 5.42. The van der Waals surface area contributed by atoms with Crippen molar-refractivity contribution >= 4 is 11.9 Å². The summed E-state index contributed by atoms with van der Waals surface area (Å²) in [6.07, 6.45) is 3.28. The second-order valence-corrected chi connectivity index (χ2v) is 4.15. The molecule has 0 spiro atoms. The molecule has 0 bridgehead atoms. The molecule has 0 N–H and O–H groups in total. The molecule has 0 aromatic rings. The lowest BCUT2D eigenvalue weighted by Gasteiger charge is -2.21. The van der Waals surface area contributed by atoms with Crippen LogP contribution in [0.4, 0.5) is 0 Å². The van der Waals surface area contributed by atoms with Gasteiger partial charge in [-0.05, 0) is 19.3 Å². The normalized spacial score (nSPS) is 17.0. The summed E-state index contributed by atoms with van der Waals surface area (Å²) in [5, 5.41) is 0. The highest BCUT2D eigenvalue weighted by Crippen LogP contribution is 2.48. The Morgan fingerprint density at radius 2 is 2.00 bits per heavy atom. The van der Waals surface area contributed by atoms with Gasteiger partial charge < -0.3 is 9.64 Å². The predicted molar refractivity (Wildman–Crippen MR) is 56.2 cm³/mol. The average Bonchev–Trinajstić information content (AvgIpc) is 3.04.